The lowest BCUT2D eigenvalue weighted by Crippen LogP contribution is -2.48. The molecule has 110 valence electrons. The average molecular weight is 298 g/mol. The zero-order valence-electron chi connectivity index (χ0n) is 11.6. The highest BCUT2D eigenvalue weighted by atomic mass is 35.5. The van der Waals surface area contributed by atoms with E-state index in [4.69, 9.17) is 17.3 Å². The van der Waals surface area contributed by atoms with Gasteiger partial charge >= 0.3 is 0 Å². The summed E-state index contributed by atoms with van der Waals surface area (Å²) in [5.74, 6) is 0.528. The molecule has 1 aliphatic rings. The highest BCUT2D eigenvalue weighted by molar-refractivity contribution is 6.30. The van der Waals surface area contributed by atoms with Gasteiger partial charge in [-0.2, -0.15) is 0 Å². The van der Waals surface area contributed by atoms with E-state index in [1.165, 1.54) is 12.5 Å². The molecular formula is C14H20ClN3O2. The number of piperidine rings is 1. The standard InChI is InChI=1S/C14H20ClN3O2/c1-10-3-2-6-17(14(10)8-16)9-11-4-5-12(15)7-13(11)18(19)20/h4-5,7,10,14H,2-3,6,8-9,16H2,1H3. The zero-order chi connectivity index (χ0) is 14.7. The van der Waals surface area contributed by atoms with E-state index >= 15 is 0 Å². The van der Waals surface area contributed by atoms with Gasteiger partial charge in [0, 0.05) is 35.8 Å². The minimum atomic E-state index is -0.369. The van der Waals surface area contributed by atoms with Crippen molar-refractivity contribution < 1.29 is 4.92 Å². The van der Waals surface area contributed by atoms with Gasteiger partial charge in [-0.05, 0) is 37.4 Å². The zero-order valence-corrected chi connectivity index (χ0v) is 12.3. The van der Waals surface area contributed by atoms with Crippen LogP contribution in [0.5, 0.6) is 0 Å². The maximum absolute atomic E-state index is 11.1. The summed E-state index contributed by atoms with van der Waals surface area (Å²) in [5.41, 5.74) is 6.65. The van der Waals surface area contributed by atoms with Crippen LogP contribution in [0.15, 0.2) is 18.2 Å². The molecule has 0 radical (unpaired) electrons. The number of likely N-dealkylation sites (tertiary alicyclic amines) is 1. The third-order valence-corrected chi connectivity index (χ3v) is 4.32. The normalized spacial score (nSPS) is 23.8. The molecule has 1 aromatic carbocycles. The monoisotopic (exact) mass is 297 g/mol. The molecule has 2 N–H and O–H groups in total. The number of nitrogens with two attached hydrogens (primary N) is 1. The van der Waals surface area contributed by atoms with Gasteiger partial charge in [-0.25, -0.2) is 0 Å². The van der Waals surface area contributed by atoms with Crippen LogP contribution in [0.2, 0.25) is 5.02 Å². The summed E-state index contributed by atoms with van der Waals surface area (Å²) in [5, 5.41) is 11.5. The van der Waals surface area contributed by atoms with Crippen LogP contribution in [-0.2, 0) is 6.54 Å². The predicted molar refractivity (Wildman–Crippen MR) is 79.8 cm³/mol. The van der Waals surface area contributed by atoms with Crippen LogP contribution < -0.4 is 5.73 Å². The maximum atomic E-state index is 11.1. The van der Waals surface area contributed by atoms with Crippen molar-refractivity contribution in [2.45, 2.75) is 32.4 Å². The molecule has 1 fully saturated rings. The molecule has 0 saturated carbocycles. The number of rotatable bonds is 4. The first-order chi connectivity index (χ1) is 9.52. The molecular weight excluding hydrogens is 278 g/mol. The average Bonchev–Trinajstić information content (AvgIpc) is 2.41. The molecule has 20 heavy (non-hydrogen) atoms. The Labute approximate surface area is 123 Å². The Morgan fingerprint density at radius 2 is 2.30 bits per heavy atom. The smallest absolute Gasteiger partial charge is 0.275 e. The minimum Gasteiger partial charge on any atom is -0.329 e. The predicted octanol–water partition coefficient (Wildman–Crippen LogP) is 2.81. The molecule has 0 bridgehead atoms. The highest BCUT2D eigenvalue weighted by Gasteiger charge is 2.28. The third-order valence-electron chi connectivity index (χ3n) is 4.09. The minimum absolute atomic E-state index is 0.0893. The van der Waals surface area contributed by atoms with Crippen LogP contribution in [0.25, 0.3) is 0 Å². The molecule has 5 nitrogen and oxygen atoms in total. The summed E-state index contributed by atoms with van der Waals surface area (Å²) >= 11 is 5.84. The fourth-order valence-electron chi connectivity index (χ4n) is 2.97. The summed E-state index contributed by atoms with van der Waals surface area (Å²) in [4.78, 5) is 13.0. The van der Waals surface area contributed by atoms with Crippen LogP contribution in [-0.4, -0.2) is 29.0 Å². The second kappa shape index (κ2) is 6.52. The largest absolute Gasteiger partial charge is 0.329 e. The van der Waals surface area contributed by atoms with Gasteiger partial charge in [-0.15, -0.1) is 0 Å². The Morgan fingerprint density at radius 3 is 2.95 bits per heavy atom. The van der Waals surface area contributed by atoms with Crippen molar-refractivity contribution in [1.29, 1.82) is 0 Å². The second-order valence-corrected chi connectivity index (χ2v) is 5.86. The number of nitrogens with zero attached hydrogens (tertiary/aromatic N) is 2. The topological polar surface area (TPSA) is 72.4 Å². The molecule has 2 rings (SSSR count). The Morgan fingerprint density at radius 1 is 1.55 bits per heavy atom. The first-order valence-corrected chi connectivity index (χ1v) is 7.27. The molecule has 1 aromatic rings. The SMILES string of the molecule is CC1CCCN(Cc2ccc(Cl)cc2[N+](=O)[O-])C1CN. The summed E-state index contributed by atoms with van der Waals surface area (Å²) in [7, 11) is 0. The fraction of sp³-hybridized carbons (Fsp3) is 0.571. The summed E-state index contributed by atoms with van der Waals surface area (Å²) in [6.45, 7) is 4.27. The molecule has 6 heteroatoms. The lowest BCUT2D eigenvalue weighted by atomic mass is 9.90. The highest BCUT2D eigenvalue weighted by Crippen LogP contribution is 2.28. The van der Waals surface area contributed by atoms with E-state index in [1.807, 2.05) is 0 Å². The van der Waals surface area contributed by atoms with Gasteiger partial charge in [-0.1, -0.05) is 18.5 Å². The van der Waals surface area contributed by atoms with Crippen molar-refractivity contribution in [1.82, 2.24) is 4.90 Å². The van der Waals surface area contributed by atoms with E-state index < -0.39 is 0 Å². The second-order valence-electron chi connectivity index (χ2n) is 5.42. The number of nitro groups is 1. The number of hydrogen-bond donors (Lipinski definition) is 1. The van der Waals surface area contributed by atoms with Crippen molar-refractivity contribution in [3.05, 3.63) is 38.9 Å². The van der Waals surface area contributed by atoms with Crippen molar-refractivity contribution >= 4 is 17.3 Å². The van der Waals surface area contributed by atoms with Crippen molar-refractivity contribution in [3.63, 3.8) is 0 Å². The van der Waals surface area contributed by atoms with Crippen molar-refractivity contribution in [2.75, 3.05) is 13.1 Å². The van der Waals surface area contributed by atoms with Crippen molar-refractivity contribution in [2.24, 2.45) is 11.7 Å². The molecule has 1 heterocycles. The maximum Gasteiger partial charge on any atom is 0.275 e. The summed E-state index contributed by atoms with van der Waals surface area (Å²) in [6, 6.07) is 5.16. The van der Waals surface area contributed by atoms with E-state index in [0.29, 0.717) is 35.6 Å². The van der Waals surface area contributed by atoms with Crippen LogP contribution >= 0.6 is 11.6 Å². The van der Waals surface area contributed by atoms with Gasteiger partial charge in [-0.3, -0.25) is 15.0 Å². The Balaban J connectivity index is 2.22. The van der Waals surface area contributed by atoms with Crippen molar-refractivity contribution in [3.8, 4) is 0 Å². The molecule has 0 aliphatic carbocycles. The molecule has 0 amide bonds. The van der Waals surface area contributed by atoms with Gasteiger partial charge in [0.15, 0.2) is 0 Å². The number of nitro benzene ring substituents is 1. The third kappa shape index (κ3) is 3.29. The Hall–Kier alpha value is -1.17. The van der Waals surface area contributed by atoms with Crippen LogP contribution in [0, 0.1) is 16.0 Å². The molecule has 2 atom stereocenters. The Bertz CT molecular complexity index is 495. The van der Waals surface area contributed by atoms with E-state index in [9.17, 15) is 10.1 Å². The van der Waals surface area contributed by atoms with Gasteiger partial charge in [0.05, 0.1) is 4.92 Å². The molecule has 1 aliphatic heterocycles. The first kappa shape index (κ1) is 15.2. The lowest BCUT2D eigenvalue weighted by molar-refractivity contribution is -0.385. The van der Waals surface area contributed by atoms with Gasteiger partial charge in [0.1, 0.15) is 0 Å². The van der Waals surface area contributed by atoms with Crippen LogP contribution in [0.1, 0.15) is 25.3 Å². The number of benzene rings is 1. The van der Waals surface area contributed by atoms with E-state index in [-0.39, 0.29) is 10.6 Å². The summed E-state index contributed by atoms with van der Waals surface area (Å²) < 4.78 is 0. The van der Waals surface area contributed by atoms with Gasteiger partial charge in [0.25, 0.3) is 5.69 Å². The molecule has 0 aromatic heterocycles. The van der Waals surface area contributed by atoms with Crippen LogP contribution in [0.4, 0.5) is 5.69 Å². The van der Waals surface area contributed by atoms with E-state index in [1.54, 1.807) is 12.1 Å². The quantitative estimate of drug-likeness (QED) is 0.685. The number of halogens is 1. The lowest BCUT2D eigenvalue weighted by Gasteiger charge is -2.39. The molecule has 1 saturated heterocycles. The van der Waals surface area contributed by atoms with Gasteiger partial charge in [0.2, 0.25) is 0 Å². The first-order valence-electron chi connectivity index (χ1n) is 6.90. The summed E-state index contributed by atoms with van der Waals surface area (Å²) in [6.07, 6.45) is 2.28. The van der Waals surface area contributed by atoms with E-state index in [2.05, 4.69) is 11.8 Å². The number of hydrogen-bond acceptors (Lipinski definition) is 4. The van der Waals surface area contributed by atoms with Crippen LogP contribution in [0.3, 0.4) is 0 Å². The molecule has 0 spiro atoms. The van der Waals surface area contributed by atoms with E-state index in [0.717, 1.165) is 13.0 Å². The fourth-order valence-corrected chi connectivity index (χ4v) is 3.14. The Kier molecular flexibility index (Phi) is 4.96. The molecule has 2 unspecified atom stereocenters. The van der Waals surface area contributed by atoms with Gasteiger partial charge < -0.3 is 5.73 Å².